The third-order valence-corrected chi connectivity index (χ3v) is 5.41. The van der Waals surface area contributed by atoms with Gasteiger partial charge in [-0.25, -0.2) is 0 Å². The van der Waals surface area contributed by atoms with E-state index in [1.54, 1.807) is 11.8 Å². The van der Waals surface area contributed by atoms with E-state index in [0.29, 0.717) is 11.7 Å². The van der Waals surface area contributed by atoms with Gasteiger partial charge in [0.25, 0.3) is 0 Å². The molecule has 2 aromatic rings. The second-order valence-corrected chi connectivity index (χ2v) is 6.75. The number of carbonyl (C=O) groups is 1. The van der Waals surface area contributed by atoms with Crippen molar-refractivity contribution in [3.05, 3.63) is 65.2 Å². The molecule has 3 rings (SSSR count). The van der Waals surface area contributed by atoms with E-state index in [2.05, 4.69) is 31.2 Å². The zero-order valence-electron chi connectivity index (χ0n) is 12.3. The van der Waals surface area contributed by atoms with Gasteiger partial charge >= 0.3 is 0 Å². The van der Waals surface area contributed by atoms with Crippen molar-refractivity contribution in [1.29, 1.82) is 0 Å². The molecule has 0 bridgehead atoms. The molecule has 0 amide bonds. The molecule has 1 saturated carbocycles. The van der Waals surface area contributed by atoms with Gasteiger partial charge in [-0.15, -0.1) is 11.8 Å². The average Bonchev–Trinajstić information content (AvgIpc) is 2.45. The Bertz CT molecular complexity index is 644. The molecule has 0 aromatic heterocycles. The van der Waals surface area contributed by atoms with Gasteiger partial charge < -0.3 is 0 Å². The maximum atomic E-state index is 12.4. The molecule has 0 aliphatic heterocycles. The minimum absolute atomic E-state index is 0.226. The predicted octanol–water partition coefficient (Wildman–Crippen LogP) is 5.24. The fraction of sp³-hybridized carbons (Fsp3) is 0.316. The van der Waals surface area contributed by atoms with Gasteiger partial charge in [0.15, 0.2) is 5.78 Å². The van der Waals surface area contributed by atoms with Gasteiger partial charge in [-0.2, -0.15) is 0 Å². The second-order valence-electron chi connectivity index (χ2n) is 5.73. The topological polar surface area (TPSA) is 17.1 Å². The third-order valence-electron chi connectivity index (χ3n) is 4.24. The van der Waals surface area contributed by atoms with Crippen LogP contribution in [-0.4, -0.2) is 11.5 Å². The highest BCUT2D eigenvalue weighted by Crippen LogP contribution is 2.36. The number of rotatable bonds is 5. The maximum Gasteiger partial charge on any atom is 0.173 e. The molecule has 0 spiro atoms. The van der Waals surface area contributed by atoms with Crippen LogP contribution in [-0.2, 0) is 0 Å². The summed E-state index contributed by atoms with van der Waals surface area (Å²) in [5.74, 6) is 1.42. The molecule has 1 aliphatic carbocycles. The van der Waals surface area contributed by atoms with Gasteiger partial charge in [0.1, 0.15) is 0 Å². The zero-order valence-corrected chi connectivity index (χ0v) is 13.2. The summed E-state index contributed by atoms with van der Waals surface area (Å²) in [7, 11) is 0. The number of ketones is 1. The molecule has 1 nitrogen and oxygen atoms in total. The third kappa shape index (κ3) is 3.38. The summed E-state index contributed by atoms with van der Waals surface area (Å²) in [5, 5.41) is 0. The van der Waals surface area contributed by atoms with E-state index in [1.807, 2.05) is 24.3 Å². The summed E-state index contributed by atoms with van der Waals surface area (Å²) in [6.07, 6.45) is 3.87. The van der Waals surface area contributed by atoms with E-state index in [9.17, 15) is 4.79 Å². The maximum absolute atomic E-state index is 12.4. The Morgan fingerprint density at radius 2 is 1.95 bits per heavy atom. The van der Waals surface area contributed by atoms with Gasteiger partial charge in [0.05, 0.1) is 5.75 Å². The highest BCUT2D eigenvalue weighted by Gasteiger charge is 2.20. The van der Waals surface area contributed by atoms with Crippen molar-refractivity contribution in [3.8, 4) is 0 Å². The zero-order chi connectivity index (χ0) is 14.7. The summed E-state index contributed by atoms with van der Waals surface area (Å²) in [5.41, 5.74) is 3.44. The standard InChI is InChI=1S/C19H20OS/c1-14-6-2-3-11-19(14)21-13-18(20)17-10-5-9-16(12-17)15-7-4-8-15/h2-3,5-6,9-12,15H,4,7-8,13H2,1H3. The molecule has 0 heterocycles. The highest BCUT2D eigenvalue weighted by molar-refractivity contribution is 8.00. The van der Waals surface area contributed by atoms with Crippen molar-refractivity contribution >= 4 is 17.5 Å². The van der Waals surface area contributed by atoms with Crippen molar-refractivity contribution in [1.82, 2.24) is 0 Å². The Kier molecular flexibility index (Phi) is 4.45. The normalized spacial score (nSPS) is 14.7. The van der Waals surface area contributed by atoms with E-state index in [4.69, 9.17) is 0 Å². The van der Waals surface area contributed by atoms with Crippen LogP contribution in [0.4, 0.5) is 0 Å². The number of thioether (sulfide) groups is 1. The van der Waals surface area contributed by atoms with Gasteiger partial charge in [0.2, 0.25) is 0 Å². The molecule has 0 radical (unpaired) electrons. The minimum Gasteiger partial charge on any atom is -0.293 e. The molecule has 2 aromatic carbocycles. The molecule has 108 valence electrons. The van der Waals surface area contributed by atoms with Crippen molar-refractivity contribution < 1.29 is 4.79 Å². The van der Waals surface area contributed by atoms with Crippen molar-refractivity contribution in [2.75, 3.05) is 5.75 Å². The Balaban J connectivity index is 1.66. The Labute approximate surface area is 130 Å². The van der Waals surface area contributed by atoms with Crippen LogP contribution in [0.2, 0.25) is 0 Å². The van der Waals surface area contributed by atoms with Gasteiger partial charge in [0, 0.05) is 10.5 Å². The van der Waals surface area contributed by atoms with Gasteiger partial charge in [-0.1, -0.05) is 42.8 Å². The Hall–Kier alpha value is -1.54. The molecular formula is C19H20OS. The molecule has 21 heavy (non-hydrogen) atoms. The molecule has 1 aliphatic rings. The fourth-order valence-electron chi connectivity index (χ4n) is 2.65. The molecule has 0 unspecified atom stereocenters. The molecule has 1 fully saturated rings. The monoisotopic (exact) mass is 296 g/mol. The summed E-state index contributed by atoms with van der Waals surface area (Å²) < 4.78 is 0. The predicted molar refractivity (Wildman–Crippen MR) is 89.3 cm³/mol. The first-order chi connectivity index (χ1) is 10.2. The summed E-state index contributed by atoms with van der Waals surface area (Å²) >= 11 is 1.63. The molecule has 2 heteroatoms. The van der Waals surface area contributed by atoms with Crippen LogP contribution in [0.3, 0.4) is 0 Å². The van der Waals surface area contributed by atoms with Crippen LogP contribution in [0.1, 0.15) is 46.7 Å². The van der Waals surface area contributed by atoms with Crippen LogP contribution in [0.5, 0.6) is 0 Å². The number of benzene rings is 2. The summed E-state index contributed by atoms with van der Waals surface area (Å²) in [4.78, 5) is 13.6. The minimum atomic E-state index is 0.226. The molecule has 0 N–H and O–H groups in total. The lowest BCUT2D eigenvalue weighted by molar-refractivity contribution is 0.102. The number of aryl methyl sites for hydroxylation is 1. The first-order valence-corrected chi connectivity index (χ1v) is 8.54. The van der Waals surface area contributed by atoms with Crippen molar-refractivity contribution in [3.63, 3.8) is 0 Å². The Morgan fingerprint density at radius 1 is 1.14 bits per heavy atom. The SMILES string of the molecule is Cc1ccccc1SCC(=O)c1cccc(C2CCC2)c1. The lowest BCUT2D eigenvalue weighted by atomic mass is 9.79. The van der Waals surface area contributed by atoms with Crippen LogP contribution in [0, 0.1) is 6.92 Å². The summed E-state index contributed by atoms with van der Waals surface area (Å²) in [6.45, 7) is 2.09. The van der Waals surface area contributed by atoms with Crippen LogP contribution < -0.4 is 0 Å². The second kappa shape index (κ2) is 6.48. The number of carbonyl (C=O) groups excluding carboxylic acids is 1. The molecular weight excluding hydrogens is 276 g/mol. The molecule has 0 atom stereocenters. The smallest absolute Gasteiger partial charge is 0.173 e. The van der Waals surface area contributed by atoms with E-state index >= 15 is 0 Å². The fourth-order valence-corrected chi connectivity index (χ4v) is 3.58. The number of hydrogen-bond acceptors (Lipinski definition) is 2. The average molecular weight is 296 g/mol. The molecule has 0 saturated heterocycles. The number of Topliss-reactive ketones (excluding diaryl/α,β-unsaturated/α-hetero) is 1. The van der Waals surface area contributed by atoms with Gasteiger partial charge in [-0.3, -0.25) is 4.79 Å². The summed E-state index contributed by atoms with van der Waals surface area (Å²) in [6, 6.07) is 16.5. The van der Waals surface area contributed by atoms with Gasteiger partial charge in [-0.05, 0) is 48.9 Å². The lowest BCUT2D eigenvalue weighted by Gasteiger charge is -2.26. The van der Waals surface area contributed by atoms with Crippen molar-refractivity contribution in [2.45, 2.75) is 37.0 Å². The van der Waals surface area contributed by atoms with Crippen LogP contribution >= 0.6 is 11.8 Å². The first kappa shape index (κ1) is 14.4. The van der Waals surface area contributed by atoms with E-state index in [1.165, 1.54) is 35.3 Å². The quantitative estimate of drug-likeness (QED) is 0.554. The van der Waals surface area contributed by atoms with E-state index < -0.39 is 0 Å². The van der Waals surface area contributed by atoms with Crippen molar-refractivity contribution in [2.24, 2.45) is 0 Å². The largest absolute Gasteiger partial charge is 0.293 e. The van der Waals surface area contributed by atoms with E-state index in [-0.39, 0.29) is 5.78 Å². The van der Waals surface area contributed by atoms with E-state index in [0.717, 1.165) is 5.56 Å². The Morgan fingerprint density at radius 3 is 2.67 bits per heavy atom. The number of hydrogen-bond donors (Lipinski definition) is 0. The highest BCUT2D eigenvalue weighted by atomic mass is 32.2. The first-order valence-electron chi connectivity index (χ1n) is 7.55. The lowest BCUT2D eigenvalue weighted by Crippen LogP contribution is -2.10. The van der Waals surface area contributed by atoms with Crippen LogP contribution in [0.25, 0.3) is 0 Å². The van der Waals surface area contributed by atoms with Crippen LogP contribution in [0.15, 0.2) is 53.4 Å².